The normalized spacial score (nSPS) is 11.5. The minimum absolute atomic E-state index is 0.172. The first kappa shape index (κ1) is 8.92. The Hall–Kier alpha value is -1.17. The van der Waals surface area contributed by atoms with Crippen LogP contribution in [0.15, 0.2) is 17.2 Å². The van der Waals surface area contributed by atoms with Gasteiger partial charge < -0.3 is 5.73 Å². The van der Waals surface area contributed by atoms with E-state index in [1.165, 1.54) is 0 Å². The molecule has 0 atom stereocenters. The highest BCUT2D eigenvalue weighted by atomic mass is 32.2. The Morgan fingerprint density at radius 2 is 2.17 bits per heavy atom. The number of nitrogens with two attached hydrogens (primary N) is 1. The average Bonchev–Trinajstić information content (AvgIpc) is 1.92. The number of hydrogen-bond donors (Lipinski definition) is 1. The van der Waals surface area contributed by atoms with Crippen molar-refractivity contribution in [1.82, 2.24) is 4.98 Å². The molecule has 0 fully saturated rings. The molecular formula is C6H7FN2O2S. The van der Waals surface area contributed by atoms with Crippen molar-refractivity contribution in [2.24, 2.45) is 0 Å². The molecule has 0 aliphatic carbocycles. The maximum atomic E-state index is 12.7. The van der Waals surface area contributed by atoms with Gasteiger partial charge in [-0.1, -0.05) is 0 Å². The van der Waals surface area contributed by atoms with Gasteiger partial charge in [-0.15, -0.1) is 0 Å². The number of aromatic nitrogens is 1. The number of anilines is 1. The van der Waals surface area contributed by atoms with Crippen LogP contribution in [0.3, 0.4) is 0 Å². The van der Waals surface area contributed by atoms with Crippen molar-refractivity contribution in [1.29, 1.82) is 0 Å². The quantitative estimate of drug-likeness (QED) is 0.686. The fraction of sp³-hybridized carbons (Fsp3) is 0.167. The first-order valence-electron chi connectivity index (χ1n) is 3.02. The second kappa shape index (κ2) is 2.71. The SMILES string of the molecule is CS(=O)(=O)c1cnc(N)c(F)c1. The minimum atomic E-state index is -3.40. The molecule has 0 saturated carbocycles. The van der Waals surface area contributed by atoms with E-state index >= 15 is 0 Å². The summed E-state index contributed by atoms with van der Waals surface area (Å²) in [6.07, 6.45) is 1.99. The summed E-state index contributed by atoms with van der Waals surface area (Å²) in [6, 6.07) is 0.845. The van der Waals surface area contributed by atoms with E-state index in [4.69, 9.17) is 5.73 Å². The summed E-state index contributed by atoms with van der Waals surface area (Å²) in [5.41, 5.74) is 5.05. The van der Waals surface area contributed by atoms with Crippen LogP contribution in [0.1, 0.15) is 0 Å². The number of pyridine rings is 1. The number of nitrogens with zero attached hydrogens (tertiary/aromatic N) is 1. The first-order valence-corrected chi connectivity index (χ1v) is 4.91. The molecule has 0 spiro atoms. The molecule has 66 valence electrons. The van der Waals surface area contributed by atoms with E-state index in [1.54, 1.807) is 0 Å². The van der Waals surface area contributed by atoms with Gasteiger partial charge in [0.15, 0.2) is 21.5 Å². The maximum Gasteiger partial charge on any atom is 0.177 e. The van der Waals surface area contributed by atoms with Crippen molar-refractivity contribution in [3.8, 4) is 0 Å². The van der Waals surface area contributed by atoms with Crippen molar-refractivity contribution >= 4 is 15.7 Å². The molecule has 0 bridgehead atoms. The van der Waals surface area contributed by atoms with Crippen LogP contribution in [0.25, 0.3) is 0 Å². The third-order valence-corrected chi connectivity index (χ3v) is 2.35. The largest absolute Gasteiger partial charge is 0.381 e. The highest BCUT2D eigenvalue weighted by Crippen LogP contribution is 2.12. The Labute approximate surface area is 69.1 Å². The predicted octanol–water partition coefficient (Wildman–Crippen LogP) is 0.206. The molecule has 1 aromatic rings. The van der Waals surface area contributed by atoms with Crippen LogP contribution in [0.5, 0.6) is 0 Å². The average molecular weight is 190 g/mol. The molecule has 0 saturated heterocycles. The molecule has 1 rings (SSSR count). The van der Waals surface area contributed by atoms with E-state index in [1.807, 2.05) is 0 Å². The van der Waals surface area contributed by atoms with E-state index in [9.17, 15) is 12.8 Å². The summed E-state index contributed by atoms with van der Waals surface area (Å²) in [4.78, 5) is 3.20. The zero-order valence-electron chi connectivity index (χ0n) is 6.28. The molecule has 2 N–H and O–H groups in total. The summed E-state index contributed by atoms with van der Waals surface area (Å²) >= 11 is 0. The fourth-order valence-electron chi connectivity index (χ4n) is 0.634. The van der Waals surface area contributed by atoms with Gasteiger partial charge in [-0.2, -0.15) is 0 Å². The Morgan fingerprint density at radius 1 is 1.58 bits per heavy atom. The summed E-state index contributed by atoms with van der Waals surface area (Å²) in [5.74, 6) is -1.12. The van der Waals surface area contributed by atoms with Crippen LogP contribution >= 0.6 is 0 Å². The predicted molar refractivity (Wildman–Crippen MR) is 41.7 cm³/mol. The molecule has 0 unspecified atom stereocenters. The third kappa shape index (κ3) is 1.70. The number of halogens is 1. The molecule has 1 aromatic heterocycles. The van der Waals surface area contributed by atoms with E-state index in [2.05, 4.69) is 4.98 Å². The highest BCUT2D eigenvalue weighted by molar-refractivity contribution is 7.90. The monoisotopic (exact) mass is 190 g/mol. The van der Waals surface area contributed by atoms with E-state index < -0.39 is 15.7 Å². The number of sulfone groups is 1. The zero-order chi connectivity index (χ0) is 9.35. The zero-order valence-corrected chi connectivity index (χ0v) is 7.10. The third-order valence-electron chi connectivity index (χ3n) is 1.27. The van der Waals surface area contributed by atoms with E-state index in [0.29, 0.717) is 0 Å². The van der Waals surface area contributed by atoms with Crippen molar-refractivity contribution < 1.29 is 12.8 Å². The lowest BCUT2D eigenvalue weighted by molar-refractivity contribution is 0.594. The molecule has 1 heterocycles. The molecule has 12 heavy (non-hydrogen) atoms. The van der Waals surface area contributed by atoms with Gasteiger partial charge >= 0.3 is 0 Å². The lowest BCUT2D eigenvalue weighted by Gasteiger charge is -1.98. The highest BCUT2D eigenvalue weighted by Gasteiger charge is 2.10. The molecule has 0 radical (unpaired) electrons. The molecule has 0 aromatic carbocycles. The first-order chi connectivity index (χ1) is 5.41. The van der Waals surface area contributed by atoms with E-state index in [-0.39, 0.29) is 10.7 Å². The maximum absolute atomic E-state index is 12.7. The van der Waals surface area contributed by atoms with Crippen LogP contribution in [0, 0.1) is 5.82 Å². The number of rotatable bonds is 1. The Kier molecular flexibility index (Phi) is 2.01. The van der Waals surface area contributed by atoms with Crippen molar-refractivity contribution in [2.45, 2.75) is 4.90 Å². The van der Waals surface area contributed by atoms with Crippen molar-refractivity contribution in [3.63, 3.8) is 0 Å². The van der Waals surface area contributed by atoms with Gasteiger partial charge in [-0.3, -0.25) is 0 Å². The van der Waals surface area contributed by atoms with Crippen molar-refractivity contribution in [2.75, 3.05) is 12.0 Å². The Bertz CT molecular complexity index is 402. The topological polar surface area (TPSA) is 73.0 Å². The second-order valence-electron chi connectivity index (χ2n) is 2.31. The van der Waals surface area contributed by atoms with Gasteiger partial charge in [0, 0.05) is 12.5 Å². The van der Waals surface area contributed by atoms with Crippen LogP contribution in [-0.2, 0) is 9.84 Å². The van der Waals surface area contributed by atoms with Gasteiger partial charge in [-0.05, 0) is 6.07 Å². The van der Waals surface area contributed by atoms with Crippen LogP contribution in [0.4, 0.5) is 10.2 Å². The van der Waals surface area contributed by atoms with Gasteiger partial charge in [-0.25, -0.2) is 17.8 Å². The van der Waals surface area contributed by atoms with E-state index in [0.717, 1.165) is 18.5 Å². The van der Waals surface area contributed by atoms with Crippen LogP contribution in [0.2, 0.25) is 0 Å². The summed E-state index contributed by atoms with van der Waals surface area (Å²) < 4.78 is 34.4. The summed E-state index contributed by atoms with van der Waals surface area (Å²) in [5, 5.41) is 0. The second-order valence-corrected chi connectivity index (χ2v) is 4.33. The number of nitrogen functional groups attached to an aromatic ring is 1. The van der Waals surface area contributed by atoms with Gasteiger partial charge in [0.05, 0.1) is 4.90 Å². The number of hydrogen-bond acceptors (Lipinski definition) is 4. The molecular weight excluding hydrogens is 183 g/mol. The lowest BCUT2D eigenvalue weighted by Crippen LogP contribution is -2.01. The smallest absolute Gasteiger partial charge is 0.177 e. The van der Waals surface area contributed by atoms with Gasteiger partial charge in [0.2, 0.25) is 0 Å². The standard InChI is InChI=1S/C6H7FN2O2S/c1-12(10,11)4-2-5(7)6(8)9-3-4/h2-3H,1H3,(H2,8,9). The Morgan fingerprint density at radius 3 is 2.58 bits per heavy atom. The fourth-order valence-corrected chi connectivity index (χ4v) is 1.20. The molecule has 4 nitrogen and oxygen atoms in total. The molecule has 6 heteroatoms. The van der Waals surface area contributed by atoms with Crippen LogP contribution < -0.4 is 5.73 Å². The summed E-state index contributed by atoms with van der Waals surface area (Å²) in [6.45, 7) is 0. The summed E-state index contributed by atoms with van der Waals surface area (Å²) in [7, 11) is -3.40. The van der Waals surface area contributed by atoms with Gasteiger partial charge in [0.25, 0.3) is 0 Å². The van der Waals surface area contributed by atoms with Gasteiger partial charge in [0.1, 0.15) is 0 Å². The Balaban J connectivity index is 3.33. The molecule has 0 aliphatic heterocycles. The van der Waals surface area contributed by atoms with Crippen LogP contribution in [-0.4, -0.2) is 19.7 Å². The molecule has 0 amide bonds. The lowest BCUT2D eigenvalue weighted by atomic mass is 10.4. The molecule has 0 aliphatic rings. The van der Waals surface area contributed by atoms with Crippen molar-refractivity contribution in [3.05, 3.63) is 18.1 Å². The minimum Gasteiger partial charge on any atom is -0.381 e.